The van der Waals surface area contributed by atoms with E-state index in [1.54, 1.807) is 12.1 Å². The Balaban J connectivity index is 1.74. The van der Waals surface area contributed by atoms with E-state index in [1.165, 1.54) is 6.07 Å². The Bertz CT molecular complexity index is 810. The van der Waals surface area contributed by atoms with Crippen LogP contribution in [0.3, 0.4) is 0 Å². The number of hydrogen-bond donors (Lipinski definition) is 0. The number of Topliss-reactive ketones (excluding diaryl/α,β-unsaturated/α-hetero) is 1. The van der Waals surface area contributed by atoms with E-state index in [9.17, 15) is 9.18 Å². The van der Waals surface area contributed by atoms with Gasteiger partial charge in [-0.1, -0.05) is 48.5 Å². The van der Waals surface area contributed by atoms with Gasteiger partial charge < -0.3 is 4.90 Å². The van der Waals surface area contributed by atoms with Crippen molar-refractivity contribution in [2.45, 2.75) is 38.1 Å². The lowest BCUT2D eigenvalue weighted by molar-refractivity contribution is -0.125. The van der Waals surface area contributed by atoms with E-state index < -0.39 is 6.04 Å². The van der Waals surface area contributed by atoms with E-state index in [1.807, 2.05) is 24.3 Å². The van der Waals surface area contributed by atoms with E-state index in [4.69, 9.17) is 0 Å². The minimum Gasteiger partial charge on any atom is -0.361 e. The summed E-state index contributed by atoms with van der Waals surface area (Å²) in [5, 5.41) is 0. The fourth-order valence-electron chi connectivity index (χ4n) is 3.83. The number of allylic oxidation sites excluding steroid dienone is 1. The summed E-state index contributed by atoms with van der Waals surface area (Å²) < 4.78 is 14.6. The lowest BCUT2D eigenvalue weighted by Gasteiger charge is -2.38. The highest BCUT2D eigenvalue weighted by molar-refractivity contribution is 5.89. The molecule has 4 rings (SSSR count). The summed E-state index contributed by atoms with van der Waals surface area (Å²) in [6.07, 6.45) is 7.11. The summed E-state index contributed by atoms with van der Waals surface area (Å²) >= 11 is 0. The molecule has 2 nitrogen and oxygen atoms in total. The highest BCUT2D eigenvalue weighted by Gasteiger charge is 2.40. The van der Waals surface area contributed by atoms with Crippen LogP contribution >= 0.6 is 0 Å². The molecule has 2 aromatic rings. The number of likely N-dealkylation sites (tertiary alicyclic amines) is 1. The molecule has 1 heterocycles. The van der Waals surface area contributed by atoms with Crippen molar-refractivity contribution in [3.05, 3.63) is 77.2 Å². The average molecular weight is 349 g/mol. The third-order valence-electron chi connectivity index (χ3n) is 5.34. The fraction of sp³-hybridized carbons (Fsp3) is 0.348. The Hall–Kier alpha value is -2.42. The van der Waals surface area contributed by atoms with Crippen molar-refractivity contribution in [3.8, 4) is 0 Å². The van der Waals surface area contributed by atoms with E-state index >= 15 is 0 Å². The molecule has 0 amide bonds. The zero-order valence-corrected chi connectivity index (χ0v) is 14.9. The SMILES string of the molecule is O=C(C1CC1)C(c1ccccc1F)N1CCCCC1=Cc1ccccc1. The monoisotopic (exact) mass is 349 g/mol. The number of ketones is 1. The van der Waals surface area contributed by atoms with E-state index in [0.29, 0.717) is 5.56 Å². The molecule has 1 saturated heterocycles. The van der Waals surface area contributed by atoms with Crippen LogP contribution in [-0.4, -0.2) is 17.2 Å². The molecule has 0 spiro atoms. The van der Waals surface area contributed by atoms with Crippen molar-refractivity contribution >= 4 is 11.9 Å². The normalized spacial score (nSPS) is 20.2. The van der Waals surface area contributed by atoms with E-state index in [2.05, 4.69) is 23.1 Å². The number of nitrogens with zero attached hydrogens (tertiary/aromatic N) is 1. The van der Waals surface area contributed by atoms with Crippen molar-refractivity contribution in [1.82, 2.24) is 4.90 Å². The van der Waals surface area contributed by atoms with Crippen molar-refractivity contribution < 1.29 is 9.18 Å². The van der Waals surface area contributed by atoms with Gasteiger partial charge in [-0.25, -0.2) is 4.39 Å². The number of piperidine rings is 1. The zero-order chi connectivity index (χ0) is 17.9. The highest BCUT2D eigenvalue weighted by Crippen LogP contribution is 2.41. The maximum absolute atomic E-state index is 14.6. The Labute approximate surface area is 154 Å². The van der Waals surface area contributed by atoms with Gasteiger partial charge in [-0.3, -0.25) is 4.79 Å². The maximum Gasteiger partial charge on any atom is 0.162 e. The van der Waals surface area contributed by atoms with E-state index in [0.717, 1.165) is 49.9 Å². The molecule has 0 aromatic heterocycles. The number of hydrogen-bond acceptors (Lipinski definition) is 2. The van der Waals surface area contributed by atoms with Crippen LogP contribution in [0.5, 0.6) is 0 Å². The largest absolute Gasteiger partial charge is 0.361 e. The summed E-state index contributed by atoms with van der Waals surface area (Å²) in [6.45, 7) is 0.802. The Kier molecular flexibility index (Phi) is 4.87. The maximum atomic E-state index is 14.6. The molecule has 26 heavy (non-hydrogen) atoms. The molecule has 1 atom stereocenters. The third kappa shape index (κ3) is 3.57. The predicted octanol–water partition coefficient (Wildman–Crippen LogP) is 5.37. The number of benzene rings is 2. The molecule has 0 N–H and O–H groups in total. The predicted molar refractivity (Wildman–Crippen MR) is 102 cm³/mol. The number of halogens is 1. The second-order valence-electron chi connectivity index (χ2n) is 7.30. The lowest BCUT2D eigenvalue weighted by Crippen LogP contribution is -2.37. The highest BCUT2D eigenvalue weighted by atomic mass is 19.1. The average Bonchev–Trinajstić information content (AvgIpc) is 3.51. The van der Waals surface area contributed by atoms with Gasteiger partial charge in [-0.2, -0.15) is 0 Å². The molecule has 0 bridgehead atoms. The van der Waals surface area contributed by atoms with Gasteiger partial charge in [0.25, 0.3) is 0 Å². The molecule has 0 radical (unpaired) electrons. The Morgan fingerprint density at radius 1 is 1.04 bits per heavy atom. The van der Waals surface area contributed by atoms with Gasteiger partial charge in [0.15, 0.2) is 5.78 Å². The van der Waals surface area contributed by atoms with Gasteiger partial charge in [0.05, 0.1) is 0 Å². The molecule has 2 aliphatic rings. The molecule has 2 fully saturated rings. The minimum atomic E-state index is -0.501. The smallest absolute Gasteiger partial charge is 0.162 e. The van der Waals surface area contributed by atoms with Crippen LogP contribution in [0.4, 0.5) is 4.39 Å². The lowest BCUT2D eigenvalue weighted by atomic mass is 9.93. The number of carbonyl (C=O) groups is 1. The van der Waals surface area contributed by atoms with Gasteiger partial charge in [-0.05, 0) is 49.8 Å². The molecule has 3 heteroatoms. The minimum absolute atomic E-state index is 0.0968. The van der Waals surface area contributed by atoms with Crippen LogP contribution in [0.25, 0.3) is 6.08 Å². The molecular formula is C23H24FNO. The second kappa shape index (κ2) is 7.45. The van der Waals surface area contributed by atoms with Gasteiger partial charge in [0, 0.05) is 23.7 Å². The second-order valence-corrected chi connectivity index (χ2v) is 7.30. The summed E-state index contributed by atoms with van der Waals surface area (Å²) in [5.41, 5.74) is 2.79. The molecule has 2 aromatic carbocycles. The Morgan fingerprint density at radius 3 is 2.50 bits per heavy atom. The topological polar surface area (TPSA) is 20.3 Å². The van der Waals surface area contributed by atoms with Crippen LogP contribution in [0.1, 0.15) is 49.3 Å². The van der Waals surface area contributed by atoms with Crippen LogP contribution in [0.2, 0.25) is 0 Å². The first-order chi connectivity index (χ1) is 12.7. The molecule has 1 unspecified atom stereocenters. The molecular weight excluding hydrogens is 325 g/mol. The first-order valence-electron chi connectivity index (χ1n) is 9.54. The summed E-state index contributed by atoms with van der Waals surface area (Å²) in [6, 6.07) is 16.4. The first-order valence-corrected chi connectivity index (χ1v) is 9.54. The fourth-order valence-corrected chi connectivity index (χ4v) is 3.83. The van der Waals surface area contributed by atoms with Crippen LogP contribution in [-0.2, 0) is 4.79 Å². The van der Waals surface area contributed by atoms with Crippen molar-refractivity contribution in [3.63, 3.8) is 0 Å². The summed E-state index contributed by atoms with van der Waals surface area (Å²) in [5.74, 6) is -0.00777. The standard InChI is InChI=1S/C23H24FNO/c24-21-12-5-4-11-20(21)22(23(26)18-13-14-18)25-15-7-6-10-19(25)16-17-8-2-1-3-9-17/h1-5,8-9,11-12,16,18,22H,6-7,10,13-15H2. The van der Waals surface area contributed by atoms with Gasteiger partial charge >= 0.3 is 0 Å². The number of carbonyl (C=O) groups excluding carboxylic acids is 1. The zero-order valence-electron chi connectivity index (χ0n) is 14.9. The molecule has 134 valence electrons. The molecule has 1 aliphatic heterocycles. The van der Waals surface area contributed by atoms with Crippen LogP contribution in [0.15, 0.2) is 60.3 Å². The van der Waals surface area contributed by atoms with Crippen molar-refractivity contribution in [2.24, 2.45) is 5.92 Å². The number of rotatable bonds is 5. The molecule has 1 aliphatic carbocycles. The van der Waals surface area contributed by atoms with Gasteiger partial charge in [0.1, 0.15) is 11.9 Å². The first kappa shape index (κ1) is 17.0. The van der Waals surface area contributed by atoms with Crippen LogP contribution in [0, 0.1) is 11.7 Å². The molecule has 1 saturated carbocycles. The van der Waals surface area contributed by atoms with Gasteiger partial charge in [-0.15, -0.1) is 0 Å². The van der Waals surface area contributed by atoms with Crippen molar-refractivity contribution in [1.29, 1.82) is 0 Å². The Morgan fingerprint density at radius 2 is 1.77 bits per heavy atom. The quantitative estimate of drug-likeness (QED) is 0.723. The van der Waals surface area contributed by atoms with Crippen LogP contribution < -0.4 is 0 Å². The van der Waals surface area contributed by atoms with E-state index in [-0.39, 0.29) is 17.5 Å². The summed E-state index contributed by atoms with van der Waals surface area (Å²) in [7, 11) is 0. The third-order valence-corrected chi connectivity index (χ3v) is 5.34. The van der Waals surface area contributed by atoms with Gasteiger partial charge in [0.2, 0.25) is 0 Å². The summed E-state index contributed by atoms with van der Waals surface area (Å²) in [4.78, 5) is 15.3. The van der Waals surface area contributed by atoms with Crippen molar-refractivity contribution in [2.75, 3.05) is 6.54 Å².